The number of ether oxygens (including phenoxy) is 1. The fraction of sp³-hybridized carbons (Fsp3) is 0.562. The van der Waals surface area contributed by atoms with Crippen molar-refractivity contribution >= 4 is 26.0 Å². The van der Waals surface area contributed by atoms with E-state index in [1.165, 1.54) is 0 Å². The van der Waals surface area contributed by atoms with E-state index in [1.807, 2.05) is 26.0 Å². The lowest BCUT2D eigenvalue weighted by Crippen LogP contribution is -2.27. The quantitative estimate of drug-likeness (QED) is 0.438. The van der Waals surface area contributed by atoms with E-state index in [1.54, 1.807) is 32.9 Å². The Kier molecular flexibility index (Phi) is 6.24. The molecule has 0 amide bonds. The Hall–Kier alpha value is -1.11. The van der Waals surface area contributed by atoms with Gasteiger partial charge in [0.25, 0.3) is 0 Å². The minimum Gasteiger partial charge on any atom is -0.426 e. The topological polar surface area (TPSA) is 69.7 Å². The van der Waals surface area contributed by atoms with Gasteiger partial charge in [0.05, 0.1) is 12.0 Å². The van der Waals surface area contributed by atoms with E-state index in [9.17, 15) is 13.2 Å². The number of esters is 1. The molecule has 0 aromatic heterocycles. The zero-order valence-corrected chi connectivity index (χ0v) is 15.6. The number of benzene rings is 1. The highest BCUT2D eigenvalue weighted by Gasteiger charge is 2.27. The molecule has 1 aromatic rings. The van der Waals surface area contributed by atoms with Crippen molar-refractivity contribution in [3.63, 3.8) is 0 Å². The van der Waals surface area contributed by atoms with Crippen LogP contribution in [0.5, 0.6) is 5.75 Å². The van der Waals surface area contributed by atoms with Gasteiger partial charge in [0.15, 0.2) is 0 Å². The van der Waals surface area contributed by atoms with Crippen molar-refractivity contribution in [2.45, 2.75) is 41.0 Å². The molecule has 7 heteroatoms. The fourth-order valence-electron chi connectivity index (χ4n) is 1.80. The molecule has 0 aliphatic heterocycles. The van der Waals surface area contributed by atoms with Gasteiger partial charge < -0.3 is 4.74 Å². The summed E-state index contributed by atoms with van der Waals surface area (Å²) in [5, 5.41) is 0. The summed E-state index contributed by atoms with van der Waals surface area (Å²) in [6.45, 7) is 8.96. The summed E-state index contributed by atoms with van der Waals surface area (Å²) >= 11 is 0. The smallest absolute Gasteiger partial charge is 0.355 e. The number of carbonyl (C=O) groups is 1. The van der Waals surface area contributed by atoms with Crippen LogP contribution in [-0.2, 0) is 24.7 Å². The molecule has 130 valence electrons. The summed E-state index contributed by atoms with van der Waals surface area (Å²) in [4.78, 5) is 12.1. The first-order valence-corrected chi connectivity index (χ1v) is 9.43. The van der Waals surface area contributed by atoms with Gasteiger partial charge in [-0.1, -0.05) is 32.0 Å². The van der Waals surface area contributed by atoms with Gasteiger partial charge in [-0.05, 0) is 44.2 Å². The van der Waals surface area contributed by atoms with E-state index in [0.717, 1.165) is 5.56 Å². The Labute approximate surface area is 142 Å². The fourth-order valence-corrected chi connectivity index (χ4v) is 2.39. The lowest BCUT2D eigenvalue weighted by atomic mass is 9.86. The molecule has 0 N–H and O–H groups in total. The summed E-state index contributed by atoms with van der Waals surface area (Å²) < 4.78 is 32.0. The van der Waals surface area contributed by atoms with Crippen LogP contribution < -0.4 is 4.74 Å². The van der Waals surface area contributed by atoms with E-state index < -0.39 is 20.2 Å². The molecular formula is C16H23ClO5S. The van der Waals surface area contributed by atoms with Gasteiger partial charge >= 0.3 is 15.3 Å². The number of carbonyl (C=O) groups excluding carboxylic acids is 1. The molecule has 0 spiro atoms. The van der Waals surface area contributed by atoms with E-state index in [-0.39, 0.29) is 12.6 Å². The molecule has 0 aliphatic rings. The van der Waals surface area contributed by atoms with Gasteiger partial charge in [-0.15, -0.1) is 0 Å². The van der Waals surface area contributed by atoms with Crippen LogP contribution in [0.2, 0.25) is 0 Å². The third-order valence-electron chi connectivity index (χ3n) is 3.05. The second-order valence-electron chi connectivity index (χ2n) is 7.24. The highest BCUT2D eigenvalue weighted by Crippen LogP contribution is 2.30. The van der Waals surface area contributed by atoms with Crippen LogP contribution >= 0.6 is 10.7 Å². The van der Waals surface area contributed by atoms with Crippen molar-refractivity contribution in [2.75, 3.05) is 6.61 Å². The molecule has 0 aliphatic carbocycles. The molecule has 0 radical (unpaired) electrons. The Balaban J connectivity index is 2.91. The highest BCUT2D eigenvalue weighted by atomic mass is 35.7. The summed E-state index contributed by atoms with van der Waals surface area (Å²) in [6, 6.07) is 7.16. The zero-order valence-electron chi connectivity index (χ0n) is 14.1. The molecule has 0 atom stereocenters. The van der Waals surface area contributed by atoms with Crippen LogP contribution in [0, 0.1) is 10.8 Å². The van der Waals surface area contributed by atoms with Crippen LogP contribution in [-0.4, -0.2) is 21.0 Å². The number of hydrogen-bond donors (Lipinski definition) is 0. The van der Waals surface area contributed by atoms with Gasteiger partial charge in [0.1, 0.15) is 5.75 Å². The Bertz CT molecular complexity index is 659. The van der Waals surface area contributed by atoms with Gasteiger partial charge in [-0.3, -0.25) is 8.98 Å². The number of hydrogen-bond acceptors (Lipinski definition) is 5. The minimum atomic E-state index is -4.01. The van der Waals surface area contributed by atoms with Gasteiger partial charge in [0, 0.05) is 10.7 Å². The van der Waals surface area contributed by atoms with Crippen molar-refractivity contribution in [3.8, 4) is 5.75 Å². The molecule has 1 aromatic carbocycles. The maximum absolute atomic E-state index is 12.1. The molecular weight excluding hydrogens is 340 g/mol. The van der Waals surface area contributed by atoms with Crippen LogP contribution in [0.15, 0.2) is 24.3 Å². The standard InChI is InChI=1S/C16H23ClO5S/c1-15(2,3)14(18)22-13-9-7-6-8-12(13)10-16(4,5)11-21-23(17,19)20/h6-9H,10-11H2,1-5H3. The predicted octanol–water partition coefficient (Wildman–Crippen LogP) is 3.71. The molecule has 0 unspecified atom stereocenters. The molecule has 5 nitrogen and oxygen atoms in total. The number of rotatable bonds is 6. The van der Waals surface area contributed by atoms with E-state index >= 15 is 0 Å². The Morgan fingerprint density at radius 3 is 2.22 bits per heavy atom. The summed E-state index contributed by atoms with van der Waals surface area (Å²) in [6.07, 6.45) is 0.465. The maximum atomic E-state index is 12.1. The largest absolute Gasteiger partial charge is 0.426 e. The third kappa shape index (κ3) is 7.33. The van der Waals surface area contributed by atoms with Crippen molar-refractivity contribution in [1.82, 2.24) is 0 Å². The van der Waals surface area contributed by atoms with Crippen molar-refractivity contribution in [3.05, 3.63) is 29.8 Å². The summed E-state index contributed by atoms with van der Waals surface area (Å²) in [5.74, 6) is 0.136. The second-order valence-corrected chi connectivity index (χ2v) is 9.40. The molecule has 0 saturated carbocycles. The minimum absolute atomic E-state index is 0.0691. The molecule has 0 fully saturated rings. The van der Waals surface area contributed by atoms with Crippen molar-refractivity contribution in [2.24, 2.45) is 10.8 Å². The highest BCUT2D eigenvalue weighted by molar-refractivity contribution is 8.09. The second kappa shape index (κ2) is 7.20. The molecule has 1 rings (SSSR count). The Morgan fingerprint density at radius 2 is 1.70 bits per heavy atom. The van der Waals surface area contributed by atoms with E-state index in [4.69, 9.17) is 15.4 Å². The first kappa shape index (κ1) is 19.9. The monoisotopic (exact) mass is 362 g/mol. The first-order valence-electron chi connectivity index (χ1n) is 7.19. The molecule has 0 saturated heterocycles. The molecule has 0 bridgehead atoms. The van der Waals surface area contributed by atoms with Gasteiger partial charge in [-0.2, -0.15) is 8.42 Å². The molecule has 23 heavy (non-hydrogen) atoms. The number of halogens is 1. The zero-order chi connectivity index (χ0) is 17.9. The van der Waals surface area contributed by atoms with Gasteiger partial charge in [0.2, 0.25) is 0 Å². The molecule has 0 heterocycles. The van der Waals surface area contributed by atoms with Crippen LogP contribution in [0.3, 0.4) is 0 Å². The average molecular weight is 363 g/mol. The number of para-hydroxylation sites is 1. The van der Waals surface area contributed by atoms with Crippen molar-refractivity contribution in [1.29, 1.82) is 0 Å². The van der Waals surface area contributed by atoms with E-state index in [0.29, 0.717) is 12.2 Å². The van der Waals surface area contributed by atoms with Crippen LogP contribution in [0.25, 0.3) is 0 Å². The summed E-state index contributed by atoms with van der Waals surface area (Å²) in [7, 11) is 1.06. The normalized spacial score (nSPS) is 13.0. The van der Waals surface area contributed by atoms with Gasteiger partial charge in [-0.25, -0.2) is 0 Å². The third-order valence-corrected chi connectivity index (χ3v) is 3.71. The van der Waals surface area contributed by atoms with E-state index in [2.05, 4.69) is 4.18 Å². The summed E-state index contributed by atoms with van der Waals surface area (Å²) in [5.41, 5.74) is -0.323. The first-order chi connectivity index (χ1) is 10.3. The maximum Gasteiger partial charge on any atom is 0.355 e. The van der Waals surface area contributed by atoms with Crippen LogP contribution in [0.1, 0.15) is 40.2 Å². The average Bonchev–Trinajstić information content (AvgIpc) is 2.37. The lowest BCUT2D eigenvalue weighted by molar-refractivity contribution is -0.143. The predicted molar refractivity (Wildman–Crippen MR) is 89.7 cm³/mol. The van der Waals surface area contributed by atoms with Crippen LogP contribution in [0.4, 0.5) is 0 Å². The SMILES string of the molecule is CC(C)(COS(=O)(=O)Cl)Cc1ccccc1OC(=O)C(C)(C)C. The lowest BCUT2D eigenvalue weighted by Gasteiger charge is -2.25. The van der Waals surface area contributed by atoms with Crippen molar-refractivity contribution < 1.29 is 22.1 Å². The Morgan fingerprint density at radius 1 is 1.13 bits per heavy atom.